The molecule has 0 bridgehead atoms. The second-order valence-electron chi connectivity index (χ2n) is 7.19. The maximum absolute atomic E-state index is 14.5. The van der Waals surface area contributed by atoms with Gasteiger partial charge in [0.2, 0.25) is 0 Å². The molecule has 0 N–H and O–H groups in total. The van der Waals surface area contributed by atoms with Gasteiger partial charge in [-0.3, -0.25) is 0 Å². The van der Waals surface area contributed by atoms with Gasteiger partial charge in [0, 0.05) is 16.6 Å². The van der Waals surface area contributed by atoms with E-state index < -0.39 is 24.1 Å². The summed E-state index contributed by atoms with van der Waals surface area (Å²) in [5, 5.41) is 0.642. The quantitative estimate of drug-likeness (QED) is 0.757. The summed E-state index contributed by atoms with van der Waals surface area (Å²) < 4.78 is 32.0. The zero-order chi connectivity index (χ0) is 18.2. The van der Waals surface area contributed by atoms with E-state index in [1.807, 2.05) is 45.9 Å². The minimum atomic E-state index is -0.730. The third-order valence-electron chi connectivity index (χ3n) is 4.77. The van der Waals surface area contributed by atoms with E-state index in [1.54, 1.807) is 18.2 Å². The fourth-order valence-corrected chi connectivity index (χ4v) is 2.77. The average Bonchev–Trinajstić information content (AvgIpc) is 2.73. The largest absolute Gasteiger partial charge is 0.497 e. The second-order valence-corrected chi connectivity index (χ2v) is 7.63. The topological polar surface area (TPSA) is 27.7 Å². The minimum absolute atomic E-state index is 0.315. The molecular formula is C19H21BClFO3. The first-order valence-corrected chi connectivity index (χ1v) is 8.58. The lowest BCUT2D eigenvalue weighted by Gasteiger charge is -2.32. The zero-order valence-electron chi connectivity index (χ0n) is 14.8. The molecule has 2 aromatic carbocycles. The van der Waals surface area contributed by atoms with Crippen LogP contribution in [0.5, 0.6) is 5.75 Å². The van der Waals surface area contributed by atoms with Crippen LogP contribution in [0.2, 0.25) is 5.02 Å². The van der Waals surface area contributed by atoms with Crippen molar-refractivity contribution in [3.8, 4) is 5.75 Å². The van der Waals surface area contributed by atoms with Crippen molar-refractivity contribution in [2.75, 3.05) is 0 Å². The fraction of sp³-hybridized carbons (Fsp3) is 0.368. The van der Waals surface area contributed by atoms with Gasteiger partial charge in [-0.05, 0) is 51.5 Å². The Morgan fingerprint density at radius 1 is 1.04 bits per heavy atom. The van der Waals surface area contributed by atoms with Gasteiger partial charge in [0.05, 0.1) is 11.2 Å². The summed E-state index contributed by atoms with van der Waals surface area (Å²) in [5.74, 6) is 0.0276. The van der Waals surface area contributed by atoms with Gasteiger partial charge in [0.15, 0.2) is 0 Å². The molecule has 0 saturated carbocycles. The SMILES string of the molecule is CC1(C)OB(c2ccc(OCc3cccc(Cl)c3)cc2F)OC1(C)C. The van der Waals surface area contributed by atoms with Gasteiger partial charge < -0.3 is 14.0 Å². The van der Waals surface area contributed by atoms with Crippen molar-refractivity contribution in [2.24, 2.45) is 0 Å². The highest BCUT2D eigenvalue weighted by atomic mass is 35.5. The molecular weight excluding hydrogens is 341 g/mol. The van der Waals surface area contributed by atoms with E-state index in [4.69, 9.17) is 25.6 Å². The van der Waals surface area contributed by atoms with Crippen LogP contribution in [0.1, 0.15) is 33.3 Å². The summed E-state index contributed by atoms with van der Waals surface area (Å²) >= 11 is 5.95. The van der Waals surface area contributed by atoms with Crippen LogP contribution in [0.25, 0.3) is 0 Å². The summed E-state index contributed by atoms with van der Waals surface area (Å²) in [6.07, 6.45) is 0. The molecule has 0 aromatic heterocycles. The molecule has 3 rings (SSSR count). The third kappa shape index (κ3) is 3.84. The molecule has 1 fully saturated rings. The minimum Gasteiger partial charge on any atom is -0.489 e. The molecule has 0 atom stereocenters. The van der Waals surface area contributed by atoms with Gasteiger partial charge >= 0.3 is 7.12 Å². The van der Waals surface area contributed by atoms with Crippen molar-refractivity contribution in [1.82, 2.24) is 0 Å². The first-order chi connectivity index (χ1) is 11.7. The van der Waals surface area contributed by atoms with Crippen molar-refractivity contribution < 1.29 is 18.4 Å². The lowest BCUT2D eigenvalue weighted by Crippen LogP contribution is -2.41. The van der Waals surface area contributed by atoms with E-state index >= 15 is 0 Å². The maximum Gasteiger partial charge on any atom is 0.497 e. The number of hydrogen-bond donors (Lipinski definition) is 0. The van der Waals surface area contributed by atoms with E-state index in [9.17, 15) is 4.39 Å². The Morgan fingerprint density at radius 2 is 1.72 bits per heavy atom. The van der Waals surface area contributed by atoms with Crippen LogP contribution in [0, 0.1) is 5.82 Å². The lowest BCUT2D eigenvalue weighted by atomic mass is 9.78. The van der Waals surface area contributed by atoms with Gasteiger partial charge in [-0.25, -0.2) is 4.39 Å². The molecule has 1 aliphatic rings. The molecule has 2 aromatic rings. The van der Waals surface area contributed by atoms with E-state index in [2.05, 4.69) is 0 Å². The monoisotopic (exact) mass is 362 g/mol. The van der Waals surface area contributed by atoms with Crippen molar-refractivity contribution in [1.29, 1.82) is 0 Å². The molecule has 1 saturated heterocycles. The highest BCUT2D eigenvalue weighted by Gasteiger charge is 2.52. The highest BCUT2D eigenvalue weighted by Crippen LogP contribution is 2.36. The number of hydrogen-bond acceptors (Lipinski definition) is 3. The molecule has 132 valence electrons. The van der Waals surface area contributed by atoms with Crippen molar-refractivity contribution in [3.05, 3.63) is 58.9 Å². The van der Waals surface area contributed by atoms with Gasteiger partial charge in [-0.15, -0.1) is 0 Å². The Morgan fingerprint density at radius 3 is 2.32 bits per heavy atom. The van der Waals surface area contributed by atoms with E-state index in [0.717, 1.165) is 5.56 Å². The van der Waals surface area contributed by atoms with Gasteiger partial charge in [-0.2, -0.15) is 0 Å². The molecule has 0 aliphatic carbocycles. The van der Waals surface area contributed by atoms with Gasteiger partial charge in [-0.1, -0.05) is 29.8 Å². The maximum atomic E-state index is 14.5. The molecule has 0 radical (unpaired) electrons. The van der Waals surface area contributed by atoms with E-state index in [-0.39, 0.29) is 0 Å². The molecule has 6 heteroatoms. The van der Waals surface area contributed by atoms with E-state index in [1.165, 1.54) is 6.07 Å². The molecule has 0 unspecified atom stereocenters. The number of halogens is 2. The van der Waals surface area contributed by atoms with Crippen molar-refractivity contribution >= 4 is 24.2 Å². The normalized spacial score (nSPS) is 18.4. The average molecular weight is 363 g/mol. The molecule has 1 heterocycles. The predicted octanol–water partition coefficient (Wildman–Crippen LogP) is 4.36. The Bertz CT molecular complexity index is 763. The molecule has 1 aliphatic heterocycles. The highest BCUT2D eigenvalue weighted by molar-refractivity contribution is 6.62. The standard InChI is InChI=1S/C19H21BClFO3/c1-18(2)19(3,4)25-20(24-18)16-9-8-15(11-17(16)22)23-12-13-6-5-7-14(21)10-13/h5-11H,12H2,1-4H3. The summed E-state index contributed by atoms with van der Waals surface area (Å²) in [7, 11) is -0.730. The van der Waals surface area contributed by atoms with Crippen LogP contribution in [-0.4, -0.2) is 18.3 Å². The predicted molar refractivity (Wildman–Crippen MR) is 97.9 cm³/mol. The summed E-state index contributed by atoms with van der Waals surface area (Å²) in [6.45, 7) is 8.07. The molecule has 3 nitrogen and oxygen atoms in total. The Labute approximate surface area is 153 Å². The smallest absolute Gasteiger partial charge is 0.489 e. The van der Waals surface area contributed by atoms with Gasteiger partial charge in [0.1, 0.15) is 18.2 Å². The van der Waals surface area contributed by atoms with Crippen LogP contribution in [0.4, 0.5) is 4.39 Å². The second kappa shape index (κ2) is 6.63. The van der Waals surface area contributed by atoms with Crippen LogP contribution < -0.4 is 10.2 Å². The molecule has 0 amide bonds. The summed E-state index contributed by atoms with van der Waals surface area (Å²) in [4.78, 5) is 0. The third-order valence-corrected chi connectivity index (χ3v) is 5.01. The number of benzene rings is 2. The van der Waals surface area contributed by atoms with Crippen molar-refractivity contribution in [2.45, 2.75) is 45.5 Å². The Kier molecular flexibility index (Phi) is 4.84. The lowest BCUT2D eigenvalue weighted by molar-refractivity contribution is 0.00578. The Hall–Kier alpha value is -1.56. The van der Waals surface area contributed by atoms with Gasteiger partial charge in [0.25, 0.3) is 0 Å². The van der Waals surface area contributed by atoms with Crippen LogP contribution in [0.3, 0.4) is 0 Å². The summed E-state index contributed by atoms with van der Waals surface area (Å²) in [5.41, 5.74) is 0.272. The molecule has 25 heavy (non-hydrogen) atoms. The zero-order valence-corrected chi connectivity index (χ0v) is 15.6. The Balaban J connectivity index is 1.71. The van der Waals surface area contributed by atoms with Crippen molar-refractivity contribution in [3.63, 3.8) is 0 Å². The fourth-order valence-electron chi connectivity index (χ4n) is 2.55. The van der Waals surface area contributed by atoms with Crippen LogP contribution in [-0.2, 0) is 15.9 Å². The summed E-state index contributed by atoms with van der Waals surface area (Å²) in [6, 6.07) is 12.1. The first kappa shape index (κ1) is 18.2. The number of ether oxygens (including phenoxy) is 1. The number of rotatable bonds is 4. The van der Waals surface area contributed by atoms with Crippen LogP contribution in [0.15, 0.2) is 42.5 Å². The van der Waals surface area contributed by atoms with E-state index in [0.29, 0.717) is 22.8 Å². The molecule has 0 spiro atoms. The first-order valence-electron chi connectivity index (χ1n) is 8.20. The van der Waals surface area contributed by atoms with Crippen LogP contribution >= 0.6 is 11.6 Å².